The predicted molar refractivity (Wildman–Crippen MR) is 104 cm³/mol. The van der Waals surface area contributed by atoms with Gasteiger partial charge in [0, 0.05) is 13.1 Å². The molecular formula is C22H28N2O2. The number of likely N-dealkylation sites (tertiary alicyclic amines) is 1. The minimum atomic E-state index is 0.0748. The van der Waals surface area contributed by atoms with E-state index < -0.39 is 0 Å². The summed E-state index contributed by atoms with van der Waals surface area (Å²) < 4.78 is 5.25. The molecular weight excluding hydrogens is 324 g/mol. The van der Waals surface area contributed by atoms with E-state index >= 15 is 0 Å². The first-order valence-electron chi connectivity index (χ1n) is 9.28. The molecule has 1 saturated heterocycles. The molecule has 1 aliphatic rings. The van der Waals surface area contributed by atoms with Gasteiger partial charge < -0.3 is 9.64 Å². The molecule has 4 heteroatoms. The van der Waals surface area contributed by atoms with Crippen LogP contribution in [0.1, 0.15) is 43.0 Å². The van der Waals surface area contributed by atoms with E-state index in [0.29, 0.717) is 12.6 Å². The lowest BCUT2D eigenvalue weighted by Gasteiger charge is -2.30. The molecule has 4 nitrogen and oxygen atoms in total. The van der Waals surface area contributed by atoms with Crippen molar-refractivity contribution in [2.75, 3.05) is 27.2 Å². The Morgan fingerprint density at radius 1 is 1.19 bits per heavy atom. The molecule has 2 unspecified atom stereocenters. The van der Waals surface area contributed by atoms with Crippen LogP contribution in [0.25, 0.3) is 0 Å². The zero-order chi connectivity index (χ0) is 18.5. The van der Waals surface area contributed by atoms with Crippen LogP contribution >= 0.6 is 0 Å². The van der Waals surface area contributed by atoms with Gasteiger partial charge in [0.05, 0.1) is 19.7 Å². The Hall–Kier alpha value is -2.33. The van der Waals surface area contributed by atoms with Crippen molar-refractivity contribution in [3.8, 4) is 5.75 Å². The number of hydrogen-bond donors (Lipinski definition) is 0. The number of rotatable bonds is 6. The lowest BCUT2D eigenvalue weighted by molar-refractivity contribution is -0.133. The average molecular weight is 352 g/mol. The Labute approximate surface area is 156 Å². The molecule has 0 aromatic heterocycles. The zero-order valence-corrected chi connectivity index (χ0v) is 15.9. The second kappa shape index (κ2) is 8.37. The maximum Gasteiger partial charge on any atom is 0.237 e. The predicted octanol–water partition coefficient (Wildman–Crippen LogP) is 4.05. The van der Waals surface area contributed by atoms with Crippen molar-refractivity contribution in [1.29, 1.82) is 0 Å². The molecule has 1 aliphatic heterocycles. The third-order valence-corrected chi connectivity index (χ3v) is 5.46. The first kappa shape index (κ1) is 18.5. The van der Waals surface area contributed by atoms with Gasteiger partial charge in [-0.2, -0.15) is 0 Å². The molecule has 3 rings (SSSR count). The summed E-state index contributed by atoms with van der Waals surface area (Å²) in [4.78, 5) is 17.0. The average Bonchev–Trinajstić information content (AvgIpc) is 3.15. The van der Waals surface area contributed by atoms with Gasteiger partial charge >= 0.3 is 0 Å². The molecule has 1 fully saturated rings. The van der Waals surface area contributed by atoms with Crippen LogP contribution in [0.3, 0.4) is 0 Å². The number of carbonyl (C=O) groups excluding carboxylic acids is 1. The number of nitrogens with zero attached hydrogens (tertiary/aromatic N) is 2. The van der Waals surface area contributed by atoms with Crippen molar-refractivity contribution in [3.63, 3.8) is 0 Å². The molecule has 0 spiro atoms. The van der Waals surface area contributed by atoms with Crippen LogP contribution < -0.4 is 4.74 Å². The van der Waals surface area contributed by atoms with Crippen molar-refractivity contribution in [3.05, 3.63) is 65.7 Å². The summed E-state index contributed by atoms with van der Waals surface area (Å²) in [6, 6.07) is 18.8. The highest BCUT2D eigenvalue weighted by Gasteiger charge is 2.29. The van der Waals surface area contributed by atoms with E-state index in [-0.39, 0.29) is 11.9 Å². The third-order valence-electron chi connectivity index (χ3n) is 5.46. The topological polar surface area (TPSA) is 32.8 Å². The van der Waals surface area contributed by atoms with Gasteiger partial charge in [-0.15, -0.1) is 0 Å². The summed E-state index contributed by atoms with van der Waals surface area (Å²) in [5.41, 5.74) is 2.42. The largest absolute Gasteiger partial charge is 0.497 e. The number of benzene rings is 2. The van der Waals surface area contributed by atoms with Crippen LogP contribution in [-0.2, 0) is 4.79 Å². The summed E-state index contributed by atoms with van der Waals surface area (Å²) >= 11 is 0. The molecule has 0 bridgehead atoms. The van der Waals surface area contributed by atoms with Gasteiger partial charge in [-0.25, -0.2) is 0 Å². The van der Waals surface area contributed by atoms with Crippen LogP contribution in [0.2, 0.25) is 0 Å². The second-order valence-corrected chi connectivity index (χ2v) is 6.99. The summed E-state index contributed by atoms with van der Waals surface area (Å²) in [7, 11) is 3.58. The van der Waals surface area contributed by atoms with Crippen LogP contribution in [0.5, 0.6) is 5.75 Å². The second-order valence-electron chi connectivity index (χ2n) is 6.99. The van der Waals surface area contributed by atoms with Crippen LogP contribution in [0.15, 0.2) is 54.6 Å². The smallest absolute Gasteiger partial charge is 0.237 e. The molecule has 1 heterocycles. The Morgan fingerprint density at radius 2 is 1.88 bits per heavy atom. The van der Waals surface area contributed by atoms with Crippen LogP contribution in [-0.4, -0.2) is 43.0 Å². The fourth-order valence-electron chi connectivity index (χ4n) is 3.68. The maximum absolute atomic E-state index is 12.9. The Kier molecular flexibility index (Phi) is 5.94. The number of methoxy groups -OCH3 is 1. The summed E-state index contributed by atoms with van der Waals surface area (Å²) in [6.07, 6.45) is 2.22. The fraction of sp³-hybridized carbons (Fsp3) is 0.409. The summed E-state index contributed by atoms with van der Waals surface area (Å²) in [5.74, 6) is 1.03. The first-order chi connectivity index (χ1) is 12.6. The monoisotopic (exact) mass is 352 g/mol. The van der Waals surface area contributed by atoms with E-state index in [9.17, 15) is 4.79 Å². The normalized spacial score (nSPS) is 18.5. The molecule has 1 amide bonds. The number of amides is 1. The van der Waals surface area contributed by atoms with Gasteiger partial charge in [0.2, 0.25) is 5.91 Å². The molecule has 0 radical (unpaired) electrons. The standard InChI is InChI=1S/C22H28N2O2/c1-17(18-8-5-4-6-9-18)23(2)22(25)16-24-15-7-10-21(24)19-11-13-20(26-3)14-12-19/h4-6,8-9,11-14,17,21H,7,10,15-16H2,1-3H3. The quantitative estimate of drug-likeness (QED) is 0.786. The third kappa shape index (κ3) is 4.07. The van der Waals surface area contributed by atoms with E-state index in [4.69, 9.17) is 4.74 Å². The van der Waals surface area contributed by atoms with Gasteiger partial charge in [-0.3, -0.25) is 9.69 Å². The van der Waals surface area contributed by atoms with Crippen molar-refractivity contribution < 1.29 is 9.53 Å². The van der Waals surface area contributed by atoms with Gasteiger partial charge in [-0.05, 0) is 49.6 Å². The molecule has 0 N–H and O–H groups in total. The number of ether oxygens (including phenoxy) is 1. The number of carbonyl (C=O) groups is 1. The first-order valence-corrected chi connectivity index (χ1v) is 9.28. The highest BCUT2D eigenvalue weighted by Crippen LogP contribution is 2.32. The Balaban J connectivity index is 1.65. The minimum Gasteiger partial charge on any atom is -0.497 e. The molecule has 138 valence electrons. The van der Waals surface area contributed by atoms with Gasteiger partial charge in [0.1, 0.15) is 5.75 Å². The van der Waals surface area contributed by atoms with Gasteiger partial charge in [-0.1, -0.05) is 42.5 Å². The van der Waals surface area contributed by atoms with Crippen molar-refractivity contribution in [2.24, 2.45) is 0 Å². The fourth-order valence-corrected chi connectivity index (χ4v) is 3.68. The molecule has 26 heavy (non-hydrogen) atoms. The molecule has 2 atom stereocenters. The molecule has 2 aromatic carbocycles. The Morgan fingerprint density at radius 3 is 2.54 bits per heavy atom. The van der Waals surface area contributed by atoms with Gasteiger partial charge in [0.15, 0.2) is 0 Å². The highest BCUT2D eigenvalue weighted by molar-refractivity contribution is 5.78. The van der Waals surface area contributed by atoms with E-state index in [1.54, 1.807) is 7.11 Å². The van der Waals surface area contributed by atoms with E-state index in [1.807, 2.05) is 42.3 Å². The van der Waals surface area contributed by atoms with Gasteiger partial charge in [0.25, 0.3) is 0 Å². The van der Waals surface area contributed by atoms with Crippen LogP contribution in [0.4, 0.5) is 0 Å². The summed E-state index contributed by atoms with van der Waals surface area (Å²) in [5, 5.41) is 0. The Bertz CT molecular complexity index is 715. The molecule has 0 aliphatic carbocycles. The highest BCUT2D eigenvalue weighted by atomic mass is 16.5. The lowest BCUT2D eigenvalue weighted by atomic mass is 10.0. The van der Waals surface area contributed by atoms with Crippen molar-refractivity contribution in [2.45, 2.75) is 31.8 Å². The lowest BCUT2D eigenvalue weighted by Crippen LogP contribution is -2.39. The number of hydrogen-bond acceptors (Lipinski definition) is 3. The molecule has 0 saturated carbocycles. The van der Waals surface area contributed by atoms with E-state index in [0.717, 1.165) is 30.7 Å². The van der Waals surface area contributed by atoms with Crippen molar-refractivity contribution in [1.82, 2.24) is 9.80 Å². The zero-order valence-electron chi connectivity index (χ0n) is 15.9. The SMILES string of the molecule is COc1ccc(C2CCCN2CC(=O)N(C)C(C)c2ccccc2)cc1. The van der Waals surface area contributed by atoms with E-state index in [1.165, 1.54) is 5.56 Å². The van der Waals surface area contributed by atoms with E-state index in [2.05, 4.69) is 36.1 Å². The number of likely N-dealkylation sites (N-methyl/N-ethyl adjacent to an activating group) is 1. The summed E-state index contributed by atoms with van der Waals surface area (Å²) in [6.45, 7) is 3.51. The van der Waals surface area contributed by atoms with Crippen molar-refractivity contribution >= 4 is 5.91 Å². The molecule has 2 aromatic rings. The minimum absolute atomic E-state index is 0.0748. The van der Waals surface area contributed by atoms with Crippen LogP contribution in [0, 0.1) is 0 Å². The maximum atomic E-state index is 12.9.